The third kappa shape index (κ3) is 3.94. The first-order chi connectivity index (χ1) is 13.2. The topological polar surface area (TPSA) is 107 Å². The maximum atomic E-state index is 13.4. The SMILES string of the molecule is CC(C)(C)[S+]([O-])NC(CO)c1cc2cnccc2n1S(=O)(=O)c1ccccc1. The van der Waals surface area contributed by atoms with Crippen LogP contribution in [0.1, 0.15) is 32.5 Å². The molecule has 9 heteroatoms. The van der Waals surface area contributed by atoms with Crippen molar-refractivity contribution in [2.45, 2.75) is 36.5 Å². The number of benzene rings is 1. The molecule has 2 aromatic heterocycles. The van der Waals surface area contributed by atoms with Gasteiger partial charge < -0.3 is 9.66 Å². The minimum absolute atomic E-state index is 0.124. The van der Waals surface area contributed by atoms with Crippen molar-refractivity contribution in [3.8, 4) is 0 Å². The molecule has 2 unspecified atom stereocenters. The molecule has 0 aliphatic heterocycles. The Morgan fingerprint density at radius 2 is 1.93 bits per heavy atom. The number of hydrogen-bond donors (Lipinski definition) is 2. The van der Waals surface area contributed by atoms with E-state index in [-0.39, 0.29) is 4.90 Å². The van der Waals surface area contributed by atoms with Crippen molar-refractivity contribution in [2.24, 2.45) is 0 Å². The predicted molar refractivity (Wildman–Crippen MR) is 110 cm³/mol. The average molecular weight is 422 g/mol. The van der Waals surface area contributed by atoms with Crippen LogP contribution in [-0.4, -0.2) is 38.4 Å². The molecule has 0 saturated carbocycles. The average Bonchev–Trinajstić information content (AvgIpc) is 3.05. The zero-order valence-corrected chi connectivity index (χ0v) is 17.5. The van der Waals surface area contributed by atoms with E-state index in [0.717, 1.165) is 0 Å². The second-order valence-electron chi connectivity index (χ2n) is 7.32. The van der Waals surface area contributed by atoms with Crippen LogP contribution in [0.5, 0.6) is 0 Å². The lowest BCUT2D eigenvalue weighted by Crippen LogP contribution is -2.43. The minimum atomic E-state index is -3.94. The fraction of sp³-hybridized carbons (Fsp3) is 0.316. The van der Waals surface area contributed by atoms with Crippen LogP contribution in [0.15, 0.2) is 59.8 Å². The second kappa shape index (κ2) is 7.84. The van der Waals surface area contributed by atoms with E-state index in [1.807, 2.05) is 0 Å². The summed E-state index contributed by atoms with van der Waals surface area (Å²) in [5.41, 5.74) is 0.739. The van der Waals surface area contributed by atoms with Gasteiger partial charge in [0.1, 0.15) is 10.8 Å². The smallest absolute Gasteiger partial charge is 0.268 e. The van der Waals surface area contributed by atoms with E-state index in [1.165, 1.54) is 22.3 Å². The van der Waals surface area contributed by atoms with Crippen molar-refractivity contribution in [2.75, 3.05) is 6.61 Å². The Kier molecular flexibility index (Phi) is 5.83. The van der Waals surface area contributed by atoms with Crippen LogP contribution in [0.25, 0.3) is 10.9 Å². The third-order valence-corrected chi connectivity index (χ3v) is 7.58. The molecule has 0 amide bonds. The van der Waals surface area contributed by atoms with Gasteiger partial charge in [0.05, 0.1) is 22.7 Å². The van der Waals surface area contributed by atoms with E-state index in [4.69, 9.17) is 0 Å². The quantitative estimate of drug-likeness (QED) is 0.592. The summed E-state index contributed by atoms with van der Waals surface area (Å²) in [7, 11) is -3.94. The lowest BCUT2D eigenvalue weighted by atomic mass is 10.2. The maximum absolute atomic E-state index is 13.4. The molecule has 3 aromatic rings. The Morgan fingerprint density at radius 1 is 1.25 bits per heavy atom. The highest BCUT2D eigenvalue weighted by atomic mass is 32.2. The van der Waals surface area contributed by atoms with Crippen LogP contribution in [0.3, 0.4) is 0 Å². The van der Waals surface area contributed by atoms with Gasteiger partial charge in [-0.1, -0.05) is 18.2 Å². The molecule has 2 heterocycles. The van der Waals surface area contributed by atoms with Crippen LogP contribution in [0, 0.1) is 0 Å². The first-order valence-corrected chi connectivity index (χ1v) is 11.3. The molecule has 0 saturated heterocycles. The van der Waals surface area contributed by atoms with Gasteiger partial charge in [-0.2, -0.15) is 0 Å². The fourth-order valence-corrected chi connectivity index (χ4v) is 5.16. The summed E-state index contributed by atoms with van der Waals surface area (Å²) in [6, 6.07) is 10.5. The number of aliphatic hydroxyl groups excluding tert-OH is 1. The summed E-state index contributed by atoms with van der Waals surface area (Å²) in [5.74, 6) is 0. The van der Waals surface area contributed by atoms with E-state index in [0.29, 0.717) is 16.6 Å². The number of pyridine rings is 1. The monoisotopic (exact) mass is 421 g/mol. The highest BCUT2D eigenvalue weighted by Gasteiger charge is 2.33. The molecule has 7 nitrogen and oxygen atoms in total. The van der Waals surface area contributed by atoms with Crippen molar-refractivity contribution < 1.29 is 18.1 Å². The highest BCUT2D eigenvalue weighted by molar-refractivity contribution is 7.91. The molecule has 0 aliphatic carbocycles. The Morgan fingerprint density at radius 3 is 2.54 bits per heavy atom. The molecule has 3 rings (SSSR count). The summed E-state index contributed by atoms with van der Waals surface area (Å²) >= 11 is -1.50. The number of fused-ring (bicyclic) bond motifs is 1. The van der Waals surface area contributed by atoms with Gasteiger partial charge in [0.25, 0.3) is 10.0 Å². The summed E-state index contributed by atoms with van der Waals surface area (Å²) < 4.78 is 42.8. The molecule has 0 spiro atoms. The largest absolute Gasteiger partial charge is 0.598 e. The molecule has 0 aliphatic rings. The van der Waals surface area contributed by atoms with Gasteiger partial charge in [-0.15, -0.1) is 4.72 Å². The number of nitrogens with one attached hydrogen (secondary N) is 1. The van der Waals surface area contributed by atoms with Gasteiger partial charge in [-0.25, -0.2) is 12.4 Å². The fourth-order valence-electron chi connectivity index (χ4n) is 2.76. The van der Waals surface area contributed by atoms with Gasteiger partial charge in [0.15, 0.2) is 0 Å². The van der Waals surface area contributed by atoms with Crippen LogP contribution in [0.2, 0.25) is 0 Å². The normalized spacial score (nSPS) is 14.9. The predicted octanol–water partition coefficient (Wildman–Crippen LogP) is 2.36. The van der Waals surface area contributed by atoms with Crippen LogP contribution >= 0.6 is 0 Å². The van der Waals surface area contributed by atoms with Crippen molar-refractivity contribution >= 4 is 32.3 Å². The summed E-state index contributed by atoms with van der Waals surface area (Å²) in [6.07, 6.45) is 3.07. The first kappa shape index (κ1) is 20.8. The lowest BCUT2D eigenvalue weighted by Gasteiger charge is -2.27. The number of rotatable bonds is 6. The number of nitrogens with zero attached hydrogens (tertiary/aromatic N) is 2. The zero-order valence-electron chi connectivity index (χ0n) is 15.9. The lowest BCUT2D eigenvalue weighted by molar-refractivity contribution is 0.255. The molecule has 0 fully saturated rings. The second-order valence-corrected chi connectivity index (χ2v) is 11.1. The van der Waals surface area contributed by atoms with Crippen molar-refractivity contribution in [3.05, 3.63) is 60.6 Å². The Balaban J connectivity index is 2.20. The molecule has 2 atom stereocenters. The molecule has 28 heavy (non-hydrogen) atoms. The number of aliphatic hydroxyl groups is 1. The third-order valence-electron chi connectivity index (χ3n) is 4.21. The summed E-state index contributed by atoms with van der Waals surface area (Å²) in [5, 5.41) is 10.6. The van der Waals surface area contributed by atoms with Gasteiger partial charge in [0, 0.05) is 29.1 Å². The molecule has 0 radical (unpaired) electrons. The summed E-state index contributed by atoms with van der Waals surface area (Å²) in [6.45, 7) is 4.97. The van der Waals surface area contributed by atoms with Gasteiger partial charge >= 0.3 is 0 Å². The van der Waals surface area contributed by atoms with Crippen molar-refractivity contribution in [3.63, 3.8) is 0 Å². The molecular formula is C19H23N3O4S2. The molecule has 0 bridgehead atoms. The van der Waals surface area contributed by atoms with E-state index < -0.39 is 38.8 Å². The van der Waals surface area contributed by atoms with E-state index in [9.17, 15) is 18.1 Å². The standard InChI is InChI=1S/C19H23N3O4S2/c1-19(2,3)27(24)21-16(13-23)18-11-14-12-20-10-9-17(14)22(18)28(25,26)15-7-5-4-6-8-15/h4-12,16,21,23H,13H2,1-3H3. The van der Waals surface area contributed by atoms with Crippen molar-refractivity contribution in [1.82, 2.24) is 13.7 Å². The molecule has 1 aromatic carbocycles. The number of aromatic nitrogens is 2. The van der Waals surface area contributed by atoms with Crippen LogP contribution < -0.4 is 4.72 Å². The first-order valence-electron chi connectivity index (χ1n) is 8.71. The van der Waals surface area contributed by atoms with E-state index in [1.54, 1.807) is 57.3 Å². The zero-order chi connectivity index (χ0) is 20.5. The van der Waals surface area contributed by atoms with E-state index >= 15 is 0 Å². The van der Waals surface area contributed by atoms with Gasteiger partial charge in [0.2, 0.25) is 0 Å². The maximum Gasteiger partial charge on any atom is 0.268 e. The molecular weight excluding hydrogens is 398 g/mol. The van der Waals surface area contributed by atoms with Crippen molar-refractivity contribution in [1.29, 1.82) is 0 Å². The van der Waals surface area contributed by atoms with Gasteiger partial charge in [-0.05, 0) is 45.0 Å². The number of hydrogen-bond acceptors (Lipinski definition) is 6. The van der Waals surface area contributed by atoms with Gasteiger partial charge in [-0.3, -0.25) is 4.98 Å². The van der Waals surface area contributed by atoms with E-state index in [2.05, 4.69) is 9.71 Å². The Bertz CT molecular complexity index is 1060. The molecule has 150 valence electrons. The summed E-state index contributed by atoms with van der Waals surface area (Å²) in [4.78, 5) is 4.18. The Hall–Kier alpha value is -1.91. The Labute approximate surface area is 167 Å². The minimum Gasteiger partial charge on any atom is -0.598 e. The molecule has 2 N–H and O–H groups in total. The van der Waals surface area contributed by atoms with Crippen LogP contribution in [-0.2, 0) is 21.4 Å². The van der Waals surface area contributed by atoms with Crippen LogP contribution in [0.4, 0.5) is 0 Å². The highest BCUT2D eigenvalue weighted by Crippen LogP contribution is 2.30.